The van der Waals surface area contributed by atoms with Gasteiger partial charge in [-0.3, -0.25) is 0 Å². The highest BCUT2D eigenvalue weighted by atomic mass is 19.4. The molecule has 0 bridgehead atoms. The second kappa shape index (κ2) is 6.34. The van der Waals surface area contributed by atoms with Crippen molar-refractivity contribution in [2.45, 2.75) is 12.6 Å². The highest BCUT2D eigenvalue weighted by molar-refractivity contribution is 5.72. The number of fused-ring (bicyclic) bond motifs is 1. The van der Waals surface area contributed by atoms with Gasteiger partial charge in [0.25, 0.3) is 0 Å². The molecule has 1 aromatic carbocycles. The van der Waals surface area contributed by atoms with Crippen LogP contribution in [-0.2, 0) is 0 Å². The minimum absolute atomic E-state index is 0.272. The Balaban J connectivity index is 1.82. The smallest absolute Gasteiger partial charge is 0.382 e. The van der Waals surface area contributed by atoms with E-state index in [1.165, 1.54) is 35.0 Å². The maximum atomic E-state index is 12.9. The highest BCUT2D eigenvalue weighted by Crippen LogP contribution is 2.23. The van der Waals surface area contributed by atoms with E-state index in [0.717, 1.165) is 0 Å². The van der Waals surface area contributed by atoms with Crippen LogP contribution >= 0.6 is 0 Å². The number of hydrogen-bond donors (Lipinski definition) is 2. The van der Waals surface area contributed by atoms with Crippen molar-refractivity contribution < 1.29 is 17.6 Å². The van der Waals surface area contributed by atoms with Gasteiger partial charge >= 0.3 is 6.18 Å². The molecule has 0 saturated heterocycles. The molecule has 0 aliphatic rings. The number of anilines is 3. The molecule has 9 heteroatoms. The fourth-order valence-electron chi connectivity index (χ4n) is 2.13. The second-order valence-corrected chi connectivity index (χ2v) is 5.06. The normalized spacial score (nSPS) is 11.7. The molecule has 24 heavy (non-hydrogen) atoms. The van der Waals surface area contributed by atoms with E-state index in [1.54, 1.807) is 12.3 Å². The summed E-state index contributed by atoms with van der Waals surface area (Å²) in [5.41, 5.74) is 1.44. The van der Waals surface area contributed by atoms with Gasteiger partial charge in [-0.25, -0.2) is 13.9 Å². The zero-order valence-corrected chi connectivity index (χ0v) is 12.3. The first-order valence-corrected chi connectivity index (χ1v) is 7.08. The molecule has 0 saturated carbocycles. The zero-order chi connectivity index (χ0) is 17.2. The predicted molar refractivity (Wildman–Crippen MR) is 81.8 cm³/mol. The Morgan fingerprint density at radius 3 is 2.58 bits per heavy atom. The van der Waals surface area contributed by atoms with Crippen LogP contribution in [0.1, 0.15) is 6.42 Å². The first-order valence-electron chi connectivity index (χ1n) is 7.08. The van der Waals surface area contributed by atoms with Crippen LogP contribution in [-0.4, -0.2) is 27.3 Å². The molecule has 5 nitrogen and oxygen atoms in total. The van der Waals surface area contributed by atoms with Crippen LogP contribution in [0.15, 0.2) is 42.7 Å². The van der Waals surface area contributed by atoms with Crippen molar-refractivity contribution in [1.82, 2.24) is 14.6 Å². The van der Waals surface area contributed by atoms with Gasteiger partial charge in [-0.15, -0.1) is 5.10 Å². The van der Waals surface area contributed by atoms with Crippen molar-refractivity contribution in [3.8, 4) is 0 Å². The van der Waals surface area contributed by atoms with Crippen LogP contribution in [0.3, 0.4) is 0 Å². The Morgan fingerprint density at radius 1 is 1.12 bits per heavy atom. The van der Waals surface area contributed by atoms with Gasteiger partial charge in [-0.2, -0.15) is 13.2 Å². The van der Waals surface area contributed by atoms with E-state index in [2.05, 4.69) is 20.7 Å². The van der Waals surface area contributed by atoms with Gasteiger partial charge in [0.2, 0.25) is 0 Å². The molecule has 0 atom stereocenters. The van der Waals surface area contributed by atoms with E-state index >= 15 is 0 Å². The summed E-state index contributed by atoms with van der Waals surface area (Å²) in [6.07, 6.45) is -2.11. The lowest BCUT2D eigenvalue weighted by molar-refractivity contribution is -0.131. The Hall–Kier alpha value is -2.84. The van der Waals surface area contributed by atoms with Gasteiger partial charge < -0.3 is 10.6 Å². The predicted octanol–water partition coefficient (Wildman–Crippen LogP) is 3.98. The van der Waals surface area contributed by atoms with Crippen LogP contribution in [0.5, 0.6) is 0 Å². The molecule has 2 N–H and O–H groups in total. The number of hydrogen-bond acceptors (Lipinski definition) is 4. The lowest BCUT2D eigenvalue weighted by atomic mass is 10.3. The van der Waals surface area contributed by atoms with Crippen molar-refractivity contribution in [1.29, 1.82) is 0 Å². The van der Waals surface area contributed by atoms with Crippen LogP contribution in [0, 0.1) is 5.82 Å². The fourth-order valence-corrected chi connectivity index (χ4v) is 2.13. The van der Waals surface area contributed by atoms with E-state index in [1.807, 2.05) is 0 Å². The van der Waals surface area contributed by atoms with E-state index in [9.17, 15) is 17.6 Å². The molecular formula is C15H13F4N5. The molecule has 2 aromatic heterocycles. The molecule has 0 spiro atoms. The largest absolute Gasteiger partial charge is 0.390 e. The van der Waals surface area contributed by atoms with Crippen LogP contribution in [0.4, 0.5) is 34.8 Å². The quantitative estimate of drug-likeness (QED) is 0.691. The van der Waals surface area contributed by atoms with Crippen molar-refractivity contribution in [3.05, 3.63) is 48.5 Å². The molecule has 126 valence electrons. The summed E-state index contributed by atoms with van der Waals surface area (Å²) in [5, 5.41) is 9.95. The topological polar surface area (TPSA) is 54.2 Å². The summed E-state index contributed by atoms with van der Waals surface area (Å²) in [7, 11) is 0. The average Bonchev–Trinajstić information content (AvgIpc) is 2.97. The Morgan fingerprint density at radius 2 is 1.88 bits per heavy atom. The minimum Gasteiger partial charge on any atom is -0.382 e. The third-order valence-corrected chi connectivity index (χ3v) is 3.20. The molecule has 3 rings (SSSR count). The zero-order valence-electron chi connectivity index (χ0n) is 12.3. The van der Waals surface area contributed by atoms with Crippen molar-refractivity contribution >= 4 is 22.8 Å². The minimum atomic E-state index is -4.24. The maximum absolute atomic E-state index is 12.9. The van der Waals surface area contributed by atoms with Crippen molar-refractivity contribution in [3.63, 3.8) is 0 Å². The Kier molecular flexibility index (Phi) is 4.24. The SMILES string of the molecule is Fc1ccc(Nc2cc(NCCC(F)(F)F)c3nccn3n2)cc1. The molecule has 0 radical (unpaired) electrons. The number of nitrogens with zero attached hydrogens (tertiary/aromatic N) is 3. The number of nitrogens with one attached hydrogen (secondary N) is 2. The van der Waals surface area contributed by atoms with Crippen LogP contribution < -0.4 is 10.6 Å². The maximum Gasteiger partial charge on any atom is 0.390 e. The third kappa shape index (κ3) is 3.92. The first-order chi connectivity index (χ1) is 11.4. The molecule has 0 aliphatic heterocycles. The molecule has 0 amide bonds. The van der Waals surface area contributed by atoms with Gasteiger partial charge in [-0.05, 0) is 24.3 Å². The fraction of sp³-hybridized carbons (Fsp3) is 0.200. The molecule has 0 unspecified atom stereocenters. The third-order valence-electron chi connectivity index (χ3n) is 3.20. The summed E-state index contributed by atoms with van der Waals surface area (Å²) in [6.45, 7) is -0.272. The van der Waals surface area contributed by atoms with Gasteiger partial charge in [0.1, 0.15) is 5.82 Å². The second-order valence-electron chi connectivity index (χ2n) is 5.06. The molecule has 0 aliphatic carbocycles. The van der Waals surface area contributed by atoms with E-state index in [-0.39, 0.29) is 12.4 Å². The molecular weight excluding hydrogens is 326 g/mol. The Labute approximate surface area is 134 Å². The molecule has 3 aromatic rings. The van der Waals surface area contributed by atoms with Crippen molar-refractivity contribution in [2.24, 2.45) is 0 Å². The lowest BCUT2D eigenvalue weighted by Crippen LogP contribution is -2.15. The number of aromatic nitrogens is 3. The lowest BCUT2D eigenvalue weighted by Gasteiger charge is -2.12. The highest BCUT2D eigenvalue weighted by Gasteiger charge is 2.26. The number of alkyl halides is 3. The first kappa shape index (κ1) is 16.0. The van der Waals surface area contributed by atoms with Crippen molar-refractivity contribution in [2.75, 3.05) is 17.2 Å². The Bertz CT molecular complexity index is 826. The average molecular weight is 339 g/mol. The van der Waals surface area contributed by atoms with E-state index in [4.69, 9.17) is 0 Å². The monoisotopic (exact) mass is 339 g/mol. The summed E-state index contributed by atoms with van der Waals surface area (Å²) in [5.74, 6) is 0.0229. The standard InChI is InChI=1S/C15H13F4N5/c16-10-1-3-11(4-2-10)22-13-9-12(20-6-5-15(17,18)19)14-21-7-8-24(14)23-13/h1-4,7-9,20H,5-6H2,(H,22,23). The summed E-state index contributed by atoms with van der Waals surface area (Å²) < 4.78 is 51.3. The summed E-state index contributed by atoms with van der Waals surface area (Å²) >= 11 is 0. The van der Waals surface area contributed by atoms with Gasteiger partial charge in [0.15, 0.2) is 11.5 Å². The van der Waals surface area contributed by atoms with Crippen LogP contribution in [0.25, 0.3) is 5.65 Å². The number of imidazole rings is 1. The van der Waals surface area contributed by atoms with Gasteiger partial charge in [-0.1, -0.05) is 0 Å². The van der Waals surface area contributed by atoms with Crippen LogP contribution in [0.2, 0.25) is 0 Å². The summed E-state index contributed by atoms with van der Waals surface area (Å²) in [6, 6.07) is 7.21. The molecule has 0 fully saturated rings. The van der Waals surface area contributed by atoms with E-state index in [0.29, 0.717) is 22.8 Å². The molecule has 2 heterocycles. The number of benzene rings is 1. The number of rotatable bonds is 5. The van der Waals surface area contributed by atoms with Gasteiger partial charge in [0, 0.05) is 30.7 Å². The van der Waals surface area contributed by atoms with Gasteiger partial charge in [0.05, 0.1) is 12.1 Å². The number of halogens is 4. The van der Waals surface area contributed by atoms with E-state index < -0.39 is 12.6 Å². The summed E-state index contributed by atoms with van der Waals surface area (Å²) in [4.78, 5) is 4.07.